The molecule has 0 fully saturated rings. The van der Waals surface area contributed by atoms with E-state index >= 15 is 0 Å². The van der Waals surface area contributed by atoms with Crippen LogP contribution in [0, 0.1) is 0 Å². The van der Waals surface area contributed by atoms with Gasteiger partial charge in [-0.15, -0.1) is 0 Å². The third kappa shape index (κ3) is 1.34. The van der Waals surface area contributed by atoms with Gasteiger partial charge in [0.1, 0.15) is 5.75 Å². The Morgan fingerprint density at radius 1 is 0.947 bits per heavy atom. The summed E-state index contributed by atoms with van der Waals surface area (Å²) in [4.78, 5) is 12.2. The Balaban J connectivity index is 2.24. The van der Waals surface area contributed by atoms with Crippen LogP contribution >= 0.6 is 0 Å². The van der Waals surface area contributed by atoms with Gasteiger partial charge in [-0.3, -0.25) is 4.79 Å². The lowest BCUT2D eigenvalue weighted by Gasteiger charge is -2.01. The molecule has 0 unspecified atom stereocenters. The number of aromatic hydroxyl groups is 1. The fourth-order valence-corrected chi connectivity index (χ4v) is 2.85. The SMILES string of the molecule is O=c1ccccc2c1=C1C(=Cc3cc(O)ccc31)C=2. The molecule has 0 saturated carbocycles. The van der Waals surface area contributed by atoms with Crippen molar-refractivity contribution < 1.29 is 5.11 Å². The van der Waals surface area contributed by atoms with Crippen molar-refractivity contribution in [1.82, 2.24) is 0 Å². The van der Waals surface area contributed by atoms with E-state index in [-0.39, 0.29) is 11.2 Å². The van der Waals surface area contributed by atoms with E-state index in [9.17, 15) is 9.90 Å². The van der Waals surface area contributed by atoms with Crippen LogP contribution in [-0.2, 0) is 0 Å². The molecule has 0 heterocycles. The summed E-state index contributed by atoms with van der Waals surface area (Å²) < 4.78 is 0. The van der Waals surface area contributed by atoms with E-state index in [1.807, 2.05) is 30.4 Å². The molecular weight excluding hydrogens is 236 g/mol. The largest absolute Gasteiger partial charge is 0.508 e. The van der Waals surface area contributed by atoms with E-state index in [1.54, 1.807) is 24.3 Å². The maximum absolute atomic E-state index is 12.2. The highest BCUT2D eigenvalue weighted by atomic mass is 16.3. The van der Waals surface area contributed by atoms with Crippen LogP contribution in [0.5, 0.6) is 5.75 Å². The molecule has 0 atom stereocenters. The first-order chi connectivity index (χ1) is 9.24. The first-order valence-corrected chi connectivity index (χ1v) is 6.15. The van der Waals surface area contributed by atoms with Crippen molar-refractivity contribution >= 4 is 17.7 Å². The Bertz CT molecular complexity index is 934. The molecule has 2 heteroatoms. The summed E-state index contributed by atoms with van der Waals surface area (Å²) in [5.74, 6) is 0.248. The van der Waals surface area contributed by atoms with Gasteiger partial charge < -0.3 is 5.11 Å². The fourth-order valence-electron chi connectivity index (χ4n) is 2.85. The van der Waals surface area contributed by atoms with E-state index < -0.39 is 0 Å². The summed E-state index contributed by atoms with van der Waals surface area (Å²) >= 11 is 0. The highest BCUT2D eigenvalue weighted by molar-refractivity contribution is 6.03. The van der Waals surface area contributed by atoms with Gasteiger partial charge in [-0.05, 0) is 52.3 Å². The molecule has 2 aliphatic carbocycles. The molecule has 2 nitrogen and oxygen atoms in total. The van der Waals surface area contributed by atoms with Gasteiger partial charge >= 0.3 is 0 Å². The molecule has 2 aromatic carbocycles. The molecular formula is C17H10O2. The van der Waals surface area contributed by atoms with Gasteiger partial charge in [-0.2, -0.15) is 0 Å². The molecule has 2 aromatic rings. The Labute approximate surface area is 109 Å². The predicted molar refractivity (Wildman–Crippen MR) is 75.0 cm³/mol. The van der Waals surface area contributed by atoms with Crippen LogP contribution in [0.3, 0.4) is 0 Å². The van der Waals surface area contributed by atoms with Gasteiger partial charge in [-0.25, -0.2) is 0 Å². The molecule has 0 bridgehead atoms. The second-order valence-corrected chi connectivity index (χ2v) is 4.80. The predicted octanol–water partition coefficient (Wildman–Crippen LogP) is 1.14. The lowest BCUT2D eigenvalue weighted by molar-refractivity contribution is 0.475. The summed E-state index contributed by atoms with van der Waals surface area (Å²) in [5.41, 5.74) is 4.07. The topological polar surface area (TPSA) is 37.3 Å². The van der Waals surface area contributed by atoms with Gasteiger partial charge in [0.2, 0.25) is 0 Å². The molecule has 4 rings (SSSR count). The fraction of sp³-hybridized carbons (Fsp3) is 0. The van der Waals surface area contributed by atoms with Crippen molar-refractivity contribution in [3.8, 4) is 5.75 Å². The van der Waals surface area contributed by atoms with E-state index in [1.165, 1.54) is 0 Å². The summed E-state index contributed by atoms with van der Waals surface area (Å²) in [6.45, 7) is 0. The molecule has 0 aliphatic heterocycles. The van der Waals surface area contributed by atoms with Crippen LogP contribution in [0.4, 0.5) is 0 Å². The van der Waals surface area contributed by atoms with Crippen molar-refractivity contribution in [2.24, 2.45) is 0 Å². The first-order valence-electron chi connectivity index (χ1n) is 6.15. The van der Waals surface area contributed by atoms with Crippen LogP contribution in [0.15, 0.2) is 52.8 Å². The summed E-state index contributed by atoms with van der Waals surface area (Å²) in [6.07, 6.45) is 4.05. The molecule has 0 aromatic heterocycles. The zero-order valence-electron chi connectivity index (χ0n) is 10.1. The van der Waals surface area contributed by atoms with Crippen LogP contribution in [-0.4, -0.2) is 5.11 Å². The van der Waals surface area contributed by atoms with Gasteiger partial charge in [0.25, 0.3) is 0 Å². The Hall–Kier alpha value is -2.61. The quantitative estimate of drug-likeness (QED) is 0.757. The maximum atomic E-state index is 12.2. The van der Waals surface area contributed by atoms with Crippen LogP contribution < -0.4 is 15.9 Å². The lowest BCUT2D eigenvalue weighted by atomic mass is 10.0. The second kappa shape index (κ2) is 3.45. The smallest absolute Gasteiger partial charge is 0.187 e. The zero-order valence-corrected chi connectivity index (χ0v) is 10.1. The first kappa shape index (κ1) is 10.3. The lowest BCUT2D eigenvalue weighted by Crippen LogP contribution is -2.35. The number of fused-ring (bicyclic) bond motifs is 4. The molecule has 2 aliphatic rings. The third-order valence-electron chi connectivity index (χ3n) is 3.63. The third-order valence-corrected chi connectivity index (χ3v) is 3.63. The Kier molecular flexibility index (Phi) is 1.88. The minimum absolute atomic E-state index is 0.0376. The van der Waals surface area contributed by atoms with Gasteiger partial charge in [0, 0.05) is 10.8 Å². The van der Waals surface area contributed by atoms with E-state index in [2.05, 4.69) is 0 Å². The summed E-state index contributed by atoms with van der Waals surface area (Å²) in [6, 6.07) is 12.5. The van der Waals surface area contributed by atoms with Gasteiger partial charge in [-0.1, -0.05) is 24.3 Å². The highest BCUT2D eigenvalue weighted by Gasteiger charge is 2.22. The maximum Gasteiger partial charge on any atom is 0.187 e. The Morgan fingerprint density at radius 3 is 2.68 bits per heavy atom. The normalized spacial score (nSPS) is 14.3. The molecule has 0 radical (unpaired) electrons. The van der Waals surface area contributed by atoms with E-state index in [4.69, 9.17) is 0 Å². The molecule has 0 saturated heterocycles. The van der Waals surface area contributed by atoms with Crippen LogP contribution in [0.25, 0.3) is 17.7 Å². The van der Waals surface area contributed by atoms with Crippen molar-refractivity contribution in [1.29, 1.82) is 0 Å². The summed E-state index contributed by atoms with van der Waals surface area (Å²) in [7, 11) is 0. The monoisotopic (exact) mass is 246 g/mol. The second-order valence-electron chi connectivity index (χ2n) is 4.80. The standard InChI is InChI=1S/C17H10O2/c18-13-5-6-14-11(9-13)8-12-7-10-3-1-2-4-15(19)17(10)16(12)14/h1-9,18H. The number of phenols is 1. The van der Waals surface area contributed by atoms with Crippen molar-refractivity contribution in [2.75, 3.05) is 0 Å². The number of hydrogen-bond acceptors (Lipinski definition) is 2. The number of rotatable bonds is 0. The van der Waals surface area contributed by atoms with Gasteiger partial charge in [0.15, 0.2) is 5.43 Å². The number of benzene rings is 1. The number of phenolic OH excluding ortho intramolecular Hbond substituents is 1. The van der Waals surface area contributed by atoms with Crippen molar-refractivity contribution in [3.63, 3.8) is 0 Å². The Morgan fingerprint density at radius 2 is 1.79 bits per heavy atom. The zero-order chi connectivity index (χ0) is 13.0. The molecule has 0 spiro atoms. The average molecular weight is 246 g/mol. The minimum Gasteiger partial charge on any atom is -0.508 e. The van der Waals surface area contributed by atoms with Crippen LogP contribution in [0.2, 0.25) is 0 Å². The summed E-state index contributed by atoms with van der Waals surface area (Å²) in [5, 5.41) is 11.3. The highest BCUT2D eigenvalue weighted by Crippen LogP contribution is 2.36. The van der Waals surface area contributed by atoms with Crippen molar-refractivity contribution in [2.45, 2.75) is 0 Å². The van der Waals surface area contributed by atoms with Crippen molar-refractivity contribution in [3.05, 3.63) is 79.8 Å². The number of allylic oxidation sites excluding steroid dienone is 1. The van der Waals surface area contributed by atoms with Gasteiger partial charge in [0.05, 0.1) is 0 Å². The van der Waals surface area contributed by atoms with E-state index in [0.29, 0.717) is 0 Å². The van der Waals surface area contributed by atoms with Crippen LogP contribution in [0.1, 0.15) is 11.1 Å². The molecule has 1 N–H and O–H groups in total. The minimum atomic E-state index is 0.0376. The van der Waals surface area contributed by atoms with E-state index in [0.717, 1.165) is 32.7 Å². The number of hydrogen-bond donors (Lipinski definition) is 1. The molecule has 19 heavy (non-hydrogen) atoms. The average Bonchev–Trinajstić information content (AvgIpc) is 2.83. The molecule has 0 amide bonds. The molecule has 90 valence electrons.